The summed E-state index contributed by atoms with van der Waals surface area (Å²) in [6, 6.07) is 4.86. The van der Waals surface area contributed by atoms with Gasteiger partial charge in [0.2, 0.25) is 0 Å². The molecular formula is C13H13Cl2NO4. The van der Waals surface area contributed by atoms with E-state index < -0.39 is 24.6 Å². The second-order valence-corrected chi connectivity index (χ2v) is 5.07. The van der Waals surface area contributed by atoms with E-state index in [1.165, 1.54) is 0 Å². The van der Waals surface area contributed by atoms with Gasteiger partial charge in [-0.25, -0.2) is 4.79 Å². The Bertz CT molecular complexity index is 495. The fraction of sp³-hybridized carbons (Fsp3) is 0.385. The molecule has 0 aromatic heterocycles. The first-order chi connectivity index (χ1) is 9.58. The molecule has 108 valence electrons. The van der Waals surface area contributed by atoms with E-state index in [1.54, 1.807) is 18.2 Å². The number of anilines is 1. The molecule has 1 atom stereocenters. The first kappa shape index (κ1) is 15.1. The van der Waals surface area contributed by atoms with Crippen LogP contribution in [0.2, 0.25) is 10.0 Å². The molecular weight excluding hydrogens is 305 g/mol. The second kappa shape index (κ2) is 6.92. The van der Waals surface area contributed by atoms with Crippen molar-refractivity contribution in [1.29, 1.82) is 0 Å². The summed E-state index contributed by atoms with van der Waals surface area (Å²) in [7, 11) is 0. The van der Waals surface area contributed by atoms with Gasteiger partial charge in [-0.05, 0) is 25.0 Å². The van der Waals surface area contributed by atoms with Crippen molar-refractivity contribution < 1.29 is 19.1 Å². The zero-order chi connectivity index (χ0) is 14.5. The SMILES string of the molecule is O=C(COC(=O)[C@H]1CCCO1)Nc1c(Cl)cccc1Cl. The number of para-hydroxylation sites is 1. The molecule has 1 aromatic rings. The van der Waals surface area contributed by atoms with E-state index in [2.05, 4.69) is 5.32 Å². The van der Waals surface area contributed by atoms with Crippen molar-refractivity contribution in [2.24, 2.45) is 0 Å². The van der Waals surface area contributed by atoms with Crippen LogP contribution in [-0.2, 0) is 19.1 Å². The summed E-state index contributed by atoms with van der Waals surface area (Å²) in [6.07, 6.45) is 0.879. The first-order valence-corrected chi connectivity index (χ1v) is 6.85. The van der Waals surface area contributed by atoms with Crippen molar-refractivity contribution in [3.8, 4) is 0 Å². The number of hydrogen-bond donors (Lipinski definition) is 1. The molecule has 0 spiro atoms. The summed E-state index contributed by atoms with van der Waals surface area (Å²) in [5.41, 5.74) is 0.300. The summed E-state index contributed by atoms with van der Waals surface area (Å²) in [4.78, 5) is 23.2. The molecule has 1 aliphatic heterocycles. The fourth-order valence-electron chi connectivity index (χ4n) is 1.79. The zero-order valence-corrected chi connectivity index (χ0v) is 12.0. The number of esters is 1. The predicted octanol–water partition coefficient (Wildman–Crippen LogP) is 2.65. The predicted molar refractivity (Wildman–Crippen MR) is 75.0 cm³/mol. The Morgan fingerprint density at radius 3 is 2.65 bits per heavy atom. The van der Waals surface area contributed by atoms with Gasteiger partial charge in [-0.2, -0.15) is 0 Å². The third-order valence-electron chi connectivity index (χ3n) is 2.77. The zero-order valence-electron chi connectivity index (χ0n) is 10.5. The van der Waals surface area contributed by atoms with E-state index in [4.69, 9.17) is 32.7 Å². The van der Waals surface area contributed by atoms with Crippen LogP contribution in [-0.4, -0.2) is 31.2 Å². The lowest BCUT2D eigenvalue weighted by Gasteiger charge is -2.11. The molecule has 5 nitrogen and oxygen atoms in total. The highest BCUT2D eigenvalue weighted by molar-refractivity contribution is 6.39. The number of rotatable bonds is 4. The Hall–Kier alpha value is -1.30. The number of ether oxygens (including phenoxy) is 2. The van der Waals surface area contributed by atoms with Crippen molar-refractivity contribution in [2.45, 2.75) is 18.9 Å². The lowest BCUT2D eigenvalue weighted by molar-refractivity contribution is -0.156. The highest BCUT2D eigenvalue weighted by atomic mass is 35.5. The number of hydrogen-bond acceptors (Lipinski definition) is 4. The normalized spacial score (nSPS) is 17.8. The average Bonchev–Trinajstić information content (AvgIpc) is 2.94. The lowest BCUT2D eigenvalue weighted by atomic mass is 10.2. The lowest BCUT2D eigenvalue weighted by Crippen LogP contribution is -2.27. The van der Waals surface area contributed by atoms with Crippen LogP contribution in [0.1, 0.15) is 12.8 Å². The smallest absolute Gasteiger partial charge is 0.335 e. The van der Waals surface area contributed by atoms with Crippen LogP contribution in [0.15, 0.2) is 18.2 Å². The minimum Gasteiger partial charge on any atom is -0.454 e. The molecule has 0 aliphatic carbocycles. The summed E-state index contributed by atoms with van der Waals surface area (Å²) in [5.74, 6) is -1.03. The molecule has 2 rings (SSSR count). The maximum atomic E-state index is 11.7. The number of carbonyl (C=O) groups excluding carboxylic acids is 2. The molecule has 20 heavy (non-hydrogen) atoms. The van der Waals surface area contributed by atoms with Gasteiger partial charge in [0.25, 0.3) is 5.91 Å². The highest BCUT2D eigenvalue weighted by Crippen LogP contribution is 2.29. The Balaban J connectivity index is 1.85. The van der Waals surface area contributed by atoms with Gasteiger partial charge < -0.3 is 14.8 Å². The molecule has 1 aromatic carbocycles. The third kappa shape index (κ3) is 3.85. The molecule has 1 heterocycles. The molecule has 1 amide bonds. The van der Waals surface area contributed by atoms with Gasteiger partial charge in [0.05, 0.1) is 15.7 Å². The monoisotopic (exact) mass is 317 g/mol. The Morgan fingerprint density at radius 1 is 1.35 bits per heavy atom. The van der Waals surface area contributed by atoms with Crippen LogP contribution >= 0.6 is 23.2 Å². The van der Waals surface area contributed by atoms with Crippen LogP contribution in [0.3, 0.4) is 0 Å². The third-order valence-corrected chi connectivity index (χ3v) is 3.40. The van der Waals surface area contributed by atoms with Crippen molar-refractivity contribution in [3.05, 3.63) is 28.2 Å². The van der Waals surface area contributed by atoms with E-state index in [0.717, 1.165) is 6.42 Å². The topological polar surface area (TPSA) is 64.6 Å². The molecule has 0 bridgehead atoms. The van der Waals surface area contributed by atoms with Gasteiger partial charge in [0.1, 0.15) is 0 Å². The van der Waals surface area contributed by atoms with Gasteiger partial charge in [0, 0.05) is 6.61 Å². The van der Waals surface area contributed by atoms with Crippen LogP contribution in [0.25, 0.3) is 0 Å². The van der Waals surface area contributed by atoms with Crippen LogP contribution < -0.4 is 5.32 Å². The largest absolute Gasteiger partial charge is 0.454 e. The molecule has 0 saturated carbocycles. The summed E-state index contributed by atoms with van der Waals surface area (Å²) in [6.45, 7) is 0.140. The number of benzene rings is 1. The maximum Gasteiger partial charge on any atom is 0.335 e. The minimum absolute atomic E-state index is 0.300. The number of halogens is 2. The van der Waals surface area contributed by atoms with Gasteiger partial charge in [0.15, 0.2) is 12.7 Å². The van der Waals surface area contributed by atoms with Crippen LogP contribution in [0.5, 0.6) is 0 Å². The van der Waals surface area contributed by atoms with E-state index >= 15 is 0 Å². The van der Waals surface area contributed by atoms with Gasteiger partial charge >= 0.3 is 5.97 Å². The summed E-state index contributed by atoms with van der Waals surface area (Å²) in [5, 5.41) is 3.14. The van der Waals surface area contributed by atoms with Crippen LogP contribution in [0, 0.1) is 0 Å². The first-order valence-electron chi connectivity index (χ1n) is 6.10. The minimum atomic E-state index is -0.563. The van der Waals surface area contributed by atoms with Gasteiger partial charge in [-0.15, -0.1) is 0 Å². The number of carbonyl (C=O) groups is 2. The maximum absolute atomic E-state index is 11.7. The Morgan fingerprint density at radius 2 is 2.05 bits per heavy atom. The molecule has 0 unspecified atom stereocenters. The Kier molecular flexibility index (Phi) is 5.23. The van der Waals surface area contributed by atoms with E-state index in [9.17, 15) is 9.59 Å². The van der Waals surface area contributed by atoms with Crippen molar-refractivity contribution in [3.63, 3.8) is 0 Å². The van der Waals surface area contributed by atoms with Gasteiger partial charge in [-0.1, -0.05) is 29.3 Å². The molecule has 1 aliphatic rings. The van der Waals surface area contributed by atoms with E-state index in [0.29, 0.717) is 28.8 Å². The molecule has 1 fully saturated rings. The fourth-order valence-corrected chi connectivity index (χ4v) is 2.28. The molecule has 1 saturated heterocycles. The summed E-state index contributed by atoms with van der Waals surface area (Å²) < 4.78 is 10.0. The second-order valence-electron chi connectivity index (χ2n) is 4.25. The average molecular weight is 318 g/mol. The number of amides is 1. The van der Waals surface area contributed by atoms with Crippen molar-refractivity contribution >= 4 is 40.8 Å². The summed E-state index contributed by atoms with van der Waals surface area (Å²) >= 11 is 11.8. The Labute approximate surface area is 126 Å². The van der Waals surface area contributed by atoms with Crippen molar-refractivity contribution in [2.75, 3.05) is 18.5 Å². The molecule has 0 radical (unpaired) electrons. The van der Waals surface area contributed by atoms with Gasteiger partial charge in [-0.3, -0.25) is 4.79 Å². The van der Waals surface area contributed by atoms with E-state index in [1.807, 2.05) is 0 Å². The van der Waals surface area contributed by atoms with E-state index in [-0.39, 0.29) is 0 Å². The molecule has 1 N–H and O–H groups in total. The van der Waals surface area contributed by atoms with Crippen LogP contribution in [0.4, 0.5) is 5.69 Å². The highest BCUT2D eigenvalue weighted by Gasteiger charge is 2.25. The number of nitrogens with one attached hydrogen (secondary N) is 1. The standard InChI is InChI=1S/C13H13Cl2NO4/c14-8-3-1-4-9(15)12(8)16-11(17)7-20-13(18)10-5-2-6-19-10/h1,3-4,10H,2,5-7H2,(H,16,17)/t10-/m1/s1. The molecule has 7 heteroatoms. The quantitative estimate of drug-likeness (QED) is 0.867. The van der Waals surface area contributed by atoms with Crippen molar-refractivity contribution in [1.82, 2.24) is 0 Å².